The number of hydrogen-bond acceptors (Lipinski definition) is 7. The number of nitrogens with zero attached hydrogens (tertiary/aromatic N) is 10. The van der Waals surface area contributed by atoms with Gasteiger partial charge in [-0.3, -0.25) is 4.57 Å². The Kier molecular flexibility index (Phi) is 14.1. The van der Waals surface area contributed by atoms with E-state index in [2.05, 4.69) is 292 Å². The van der Waals surface area contributed by atoms with Crippen LogP contribution < -0.4 is 4.90 Å². The molecule has 0 fully saturated rings. The van der Waals surface area contributed by atoms with Crippen LogP contribution in [0.1, 0.15) is 40.3 Å². The van der Waals surface area contributed by atoms with Crippen LogP contribution in [-0.4, -0.2) is 39.7 Å². The van der Waals surface area contributed by atoms with Gasteiger partial charge in [0.2, 0.25) is 5.95 Å². The van der Waals surface area contributed by atoms with Crippen molar-refractivity contribution in [1.82, 2.24) is 33.6 Å². The van der Waals surface area contributed by atoms with Gasteiger partial charge in [-0.25, -0.2) is 19.9 Å². The van der Waals surface area contributed by atoms with Crippen molar-refractivity contribution in [3.63, 3.8) is 0 Å². The summed E-state index contributed by atoms with van der Waals surface area (Å²) in [5.74, 6) is 1.48. The minimum atomic E-state index is 0.236. The average molecular weight is 1330 g/mol. The molecule has 2 aliphatic carbocycles. The monoisotopic (exact) mass is 1330 g/mol. The molecule has 10 heteroatoms. The highest BCUT2D eigenvalue weighted by molar-refractivity contribution is 6.12. The lowest BCUT2D eigenvalue weighted by atomic mass is 9.91. The van der Waals surface area contributed by atoms with Gasteiger partial charge in [0.15, 0.2) is 5.82 Å². The van der Waals surface area contributed by atoms with Gasteiger partial charge in [0.05, 0.1) is 68.3 Å². The number of anilines is 2. The molecule has 0 amide bonds. The summed E-state index contributed by atoms with van der Waals surface area (Å²) < 4.78 is 6.94. The molecule has 104 heavy (non-hydrogen) atoms. The van der Waals surface area contributed by atoms with Crippen LogP contribution >= 0.6 is 0 Å². The molecule has 2 atom stereocenters. The second kappa shape index (κ2) is 24.4. The van der Waals surface area contributed by atoms with Crippen LogP contribution in [0.5, 0.6) is 0 Å². The summed E-state index contributed by atoms with van der Waals surface area (Å²) in [7, 11) is 0. The molecule has 0 radical (unpaired) electrons. The molecule has 3 aliphatic rings. The molecular formula is C94H60N10. The molecule has 0 N–H and O–H groups in total. The van der Waals surface area contributed by atoms with E-state index in [-0.39, 0.29) is 6.04 Å². The van der Waals surface area contributed by atoms with E-state index in [9.17, 15) is 10.5 Å². The molecule has 0 saturated heterocycles. The molecule has 10 nitrogen and oxygen atoms in total. The van der Waals surface area contributed by atoms with Gasteiger partial charge in [0.25, 0.3) is 0 Å². The minimum Gasteiger partial charge on any atom is -0.333 e. The standard InChI is InChI=1S/C94H60N10/c95-55-59-28-30-63(31-29-59)70-57-97-94(98-58-70)104-89-27-12-6-21-78(89)81-48-41-67(53-92(81)104)65-42-49-90-82(51-65)79-22-7-11-26-88(79)102(90)72-43-36-61(37-44-72)60-32-34-64(35-33-60)83-54-84(74-17-2-1-14-69(74)56-96)100-93(99-83)68-15-13-16-73(50-68)103-87-25-10-5-20-77(87)80-47-40-66(52-91(80)103)62-38-45-71(46-39-62)101-85-23-8-3-18-75(85)76-19-4-9-24-86(76)101/h1-6,8-21,23-54,57-58,75,85H,7,22H2. The fourth-order valence-electron chi connectivity index (χ4n) is 16.3. The zero-order chi connectivity index (χ0) is 68.9. The van der Waals surface area contributed by atoms with Gasteiger partial charge >= 0.3 is 0 Å². The van der Waals surface area contributed by atoms with Gasteiger partial charge in [-0.15, -0.1) is 0 Å². The summed E-state index contributed by atoms with van der Waals surface area (Å²) in [5, 5.41) is 25.7. The maximum Gasteiger partial charge on any atom is 0.234 e. The number of fused-ring (bicyclic) bond motifs is 12. The molecule has 1 aliphatic heterocycles. The number of allylic oxidation sites excluding steroid dienone is 3. The van der Waals surface area contributed by atoms with Crippen LogP contribution in [0.15, 0.2) is 322 Å². The van der Waals surface area contributed by atoms with Crippen LogP contribution in [0.25, 0.3) is 156 Å². The van der Waals surface area contributed by atoms with Gasteiger partial charge < -0.3 is 14.0 Å². The van der Waals surface area contributed by atoms with Crippen LogP contribution in [0, 0.1) is 22.7 Å². The van der Waals surface area contributed by atoms with E-state index >= 15 is 0 Å². The highest BCUT2D eigenvalue weighted by atomic mass is 15.2. The largest absolute Gasteiger partial charge is 0.333 e. The molecule has 6 heterocycles. The molecule has 0 bridgehead atoms. The van der Waals surface area contributed by atoms with Gasteiger partial charge in [-0.2, -0.15) is 10.5 Å². The third kappa shape index (κ3) is 9.91. The van der Waals surface area contributed by atoms with Crippen molar-refractivity contribution < 1.29 is 0 Å². The van der Waals surface area contributed by atoms with E-state index in [4.69, 9.17) is 19.9 Å². The second-order valence-corrected chi connectivity index (χ2v) is 27.1. The predicted molar refractivity (Wildman–Crippen MR) is 421 cm³/mol. The Morgan fingerprint density at radius 3 is 1.72 bits per heavy atom. The first kappa shape index (κ1) is 59.9. The van der Waals surface area contributed by atoms with E-state index in [0.29, 0.717) is 34.5 Å². The van der Waals surface area contributed by atoms with Gasteiger partial charge in [-0.05, 0) is 172 Å². The summed E-state index contributed by atoms with van der Waals surface area (Å²) in [6.07, 6.45) is 19.2. The van der Waals surface area contributed by atoms with E-state index in [1.807, 2.05) is 67.0 Å². The van der Waals surface area contributed by atoms with Crippen molar-refractivity contribution in [1.29, 1.82) is 10.5 Å². The lowest BCUT2D eigenvalue weighted by Crippen LogP contribution is -2.28. The number of para-hydroxylation sites is 3. The summed E-state index contributed by atoms with van der Waals surface area (Å²) in [6.45, 7) is 0. The zero-order valence-corrected chi connectivity index (χ0v) is 56.2. The Morgan fingerprint density at radius 2 is 0.962 bits per heavy atom. The number of hydrogen-bond donors (Lipinski definition) is 0. The second-order valence-electron chi connectivity index (χ2n) is 27.1. The van der Waals surface area contributed by atoms with Crippen molar-refractivity contribution in [3.8, 4) is 108 Å². The van der Waals surface area contributed by atoms with E-state index < -0.39 is 0 Å². The van der Waals surface area contributed by atoms with E-state index in [1.165, 1.54) is 44.4 Å². The van der Waals surface area contributed by atoms with Crippen molar-refractivity contribution in [2.75, 3.05) is 4.90 Å². The highest BCUT2D eigenvalue weighted by Gasteiger charge is 2.37. The minimum absolute atomic E-state index is 0.236. The molecule has 12 aromatic carbocycles. The lowest BCUT2D eigenvalue weighted by molar-refractivity contribution is 0.745. The Bertz CT molecular complexity index is 6550. The number of benzene rings is 12. The third-order valence-corrected chi connectivity index (χ3v) is 21.3. The summed E-state index contributed by atoms with van der Waals surface area (Å²) in [6, 6.07) is 104. The fraction of sp³-hybridized carbons (Fsp3) is 0.0426. The molecule has 2 unspecified atom stereocenters. The first-order valence-corrected chi connectivity index (χ1v) is 35.2. The molecule has 5 aromatic heterocycles. The van der Waals surface area contributed by atoms with E-state index in [0.717, 1.165) is 129 Å². The van der Waals surface area contributed by atoms with Gasteiger partial charge in [-0.1, -0.05) is 206 Å². The van der Waals surface area contributed by atoms with Crippen LogP contribution in [-0.2, 0) is 6.42 Å². The number of aromatic nitrogens is 7. The normalized spacial score (nSPS) is 14.3. The molecule has 17 aromatic rings. The van der Waals surface area contributed by atoms with Crippen molar-refractivity contribution in [2.24, 2.45) is 0 Å². The van der Waals surface area contributed by atoms with Crippen LogP contribution in [0.3, 0.4) is 0 Å². The zero-order valence-electron chi connectivity index (χ0n) is 56.2. The molecule has 20 rings (SSSR count). The molecule has 0 spiro atoms. The van der Waals surface area contributed by atoms with E-state index in [1.54, 1.807) is 0 Å². The smallest absolute Gasteiger partial charge is 0.234 e. The Hall–Kier alpha value is -14.1. The third-order valence-electron chi connectivity index (χ3n) is 21.3. The first-order chi connectivity index (χ1) is 51.4. The molecule has 0 saturated carbocycles. The highest BCUT2D eigenvalue weighted by Crippen LogP contribution is 2.49. The maximum absolute atomic E-state index is 10.4. The Labute approximate surface area is 599 Å². The number of aryl methyl sites for hydroxylation is 1. The molecule has 486 valence electrons. The number of rotatable bonds is 11. The molecular weight excluding hydrogens is 1270 g/mol. The Balaban J connectivity index is 0.608. The first-order valence-electron chi connectivity index (χ1n) is 35.2. The van der Waals surface area contributed by atoms with Gasteiger partial charge in [0, 0.05) is 95.9 Å². The van der Waals surface area contributed by atoms with Gasteiger partial charge in [0.1, 0.15) is 0 Å². The topological polar surface area (TPSA) is 117 Å². The number of nitriles is 2. The van der Waals surface area contributed by atoms with Crippen LogP contribution in [0.4, 0.5) is 11.4 Å². The Morgan fingerprint density at radius 1 is 0.385 bits per heavy atom. The summed E-state index contributed by atoms with van der Waals surface area (Å²) >= 11 is 0. The van der Waals surface area contributed by atoms with Crippen molar-refractivity contribution in [2.45, 2.75) is 24.8 Å². The fourth-order valence-corrected chi connectivity index (χ4v) is 16.3. The average Bonchev–Trinajstić information content (AvgIpc) is 1.60. The SMILES string of the molecule is N#Cc1ccc(-c2cnc(-n3c4ccccc4c4ccc(-c5ccc6c(c5)c5c(n6-c6ccc(-c7ccc(-c8cc(-c9ccccc9C#N)nc(-c9cccc(-n%10c%11ccccc%11c%11ccc(-c%12ccc(N%13c%14ccccc%14C%14C=CC=CC%14%13)cc%12)cc%11%10)c9)n8)cc7)cc6)C=CCC5)cc43)nc2)cc1. The quantitative estimate of drug-likeness (QED) is 0.127. The summed E-state index contributed by atoms with van der Waals surface area (Å²) in [4.78, 5) is 23.0. The lowest BCUT2D eigenvalue weighted by Gasteiger charge is -2.28. The maximum atomic E-state index is 10.4. The van der Waals surface area contributed by atoms with Crippen LogP contribution in [0.2, 0.25) is 0 Å². The van der Waals surface area contributed by atoms with Crippen molar-refractivity contribution in [3.05, 3.63) is 350 Å². The van der Waals surface area contributed by atoms with Crippen molar-refractivity contribution >= 4 is 72.0 Å². The summed E-state index contributed by atoms with van der Waals surface area (Å²) in [5.41, 5.74) is 27.5. The predicted octanol–water partition coefficient (Wildman–Crippen LogP) is 22.5.